The number of fused-ring (bicyclic) bond motifs is 4. The monoisotopic (exact) mass is 457 g/mol. The number of nitrogens with zero attached hydrogens (tertiary/aromatic N) is 1. The number of carbonyl (C=O) groups excluding carboxylic acids is 3. The largest absolute Gasteiger partial charge is 0.392 e. The molecule has 2 aromatic rings. The molecule has 3 N–H and O–H groups in total. The van der Waals surface area contributed by atoms with Gasteiger partial charge in [-0.2, -0.15) is 0 Å². The molecular weight excluding hydrogens is 437 g/mol. The standard InChI is InChI=1S/C23H21ClFN3O4/c1-10-7-13(24)8-15-18(10)26-22(32)23(15)17-16(19(27-23)11(2)29)20(30)28(21(17)31)9-12-3-5-14(25)6-4-12/h3-8,11,16-17,19,27,29H,9H2,1-2H3,(H,26,32)/t11-,16-,17-,19-,23-/m0/s1. The van der Waals surface area contributed by atoms with E-state index in [-0.39, 0.29) is 6.54 Å². The maximum atomic E-state index is 13.6. The number of nitrogens with one attached hydrogen (secondary N) is 2. The van der Waals surface area contributed by atoms with Gasteiger partial charge in [0.2, 0.25) is 17.7 Å². The van der Waals surface area contributed by atoms with Crippen LogP contribution in [0.2, 0.25) is 5.02 Å². The molecule has 5 atom stereocenters. The Morgan fingerprint density at radius 3 is 2.53 bits per heavy atom. The minimum Gasteiger partial charge on any atom is -0.392 e. The Balaban J connectivity index is 1.63. The number of aryl methyl sites for hydroxylation is 1. The quantitative estimate of drug-likeness (QED) is 0.613. The Labute approximate surface area is 188 Å². The summed E-state index contributed by atoms with van der Waals surface area (Å²) in [5, 5.41) is 16.8. The third-order valence-corrected chi connectivity index (χ3v) is 7.00. The number of amides is 3. The molecule has 0 saturated carbocycles. The average molecular weight is 458 g/mol. The van der Waals surface area contributed by atoms with Gasteiger partial charge in [0.1, 0.15) is 11.4 Å². The van der Waals surface area contributed by atoms with Crippen molar-refractivity contribution in [3.63, 3.8) is 0 Å². The number of benzene rings is 2. The van der Waals surface area contributed by atoms with Gasteiger partial charge in [-0.3, -0.25) is 24.6 Å². The van der Waals surface area contributed by atoms with E-state index in [9.17, 15) is 23.9 Å². The van der Waals surface area contributed by atoms with E-state index < -0.39 is 53.1 Å². The number of rotatable bonds is 3. The molecule has 0 aromatic heterocycles. The number of imide groups is 1. The summed E-state index contributed by atoms with van der Waals surface area (Å²) in [7, 11) is 0. The van der Waals surface area contributed by atoms with Gasteiger partial charge in [-0.05, 0) is 49.2 Å². The molecule has 32 heavy (non-hydrogen) atoms. The highest BCUT2D eigenvalue weighted by molar-refractivity contribution is 6.31. The van der Waals surface area contributed by atoms with Gasteiger partial charge in [0.05, 0.1) is 24.5 Å². The summed E-state index contributed by atoms with van der Waals surface area (Å²) in [5.74, 6) is -3.84. The fraction of sp³-hybridized carbons (Fsp3) is 0.348. The molecule has 1 spiro atoms. The third-order valence-electron chi connectivity index (χ3n) is 6.79. The molecule has 166 valence electrons. The Kier molecular flexibility index (Phi) is 4.67. The van der Waals surface area contributed by atoms with Gasteiger partial charge in [-0.15, -0.1) is 0 Å². The van der Waals surface area contributed by atoms with E-state index in [1.807, 2.05) is 0 Å². The molecule has 0 bridgehead atoms. The smallest absolute Gasteiger partial charge is 0.250 e. The summed E-state index contributed by atoms with van der Waals surface area (Å²) in [5.41, 5.74) is 0.835. The number of aliphatic hydroxyl groups excluding tert-OH is 1. The maximum absolute atomic E-state index is 13.6. The van der Waals surface area contributed by atoms with Crippen molar-refractivity contribution in [3.8, 4) is 0 Å². The van der Waals surface area contributed by atoms with Crippen molar-refractivity contribution in [2.45, 2.75) is 38.1 Å². The molecule has 0 radical (unpaired) electrons. The number of anilines is 1. The number of aliphatic hydroxyl groups is 1. The number of likely N-dealkylation sites (tertiary alicyclic amines) is 1. The molecule has 2 saturated heterocycles. The second-order valence-corrected chi connectivity index (χ2v) is 9.15. The number of halogens is 2. The van der Waals surface area contributed by atoms with Crippen LogP contribution in [-0.4, -0.2) is 39.9 Å². The lowest BCUT2D eigenvalue weighted by molar-refractivity contribution is -0.143. The third kappa shape index (κ3) is 2.76. The van der Waals surface area contributed by atoms with Crippen LogP contribution in [0.25, 0.3) is 0 Å². The van der Waals surface area contributed by atoms with E-state index >= 15 is 0 Å². The zero-order chi connectivity index (χ0) is 22.9. The first-order valence-corrected chi connectivity index (χ1v) is 10.7. The summed E-state index contributed by atoms with van der Waals surface area (Å²) < 4.78 is 13.3. The minimum absolute atomic E-state index is 0.0450. The van der Waals surface area contributed by atoms with Crippen molar-refractivity contribution in [1.82, 2.24) is 10.2 Å². The van der Waals surface area contributed by atoms with Crippen molar-refractivity contribution in [2.75, 3.05) is 5.32 Å². The second kappa shape index (κ2) is 7.10. The van der Waals surface area contributed by atoms with E-state index in [4.69, 9.17) is 11.6 Å². The highest BCUT2D eigenvalue weighted by Gasteiger charge is 2.71. The maximum Gasteiger partial charge on any atom is 0.250 e. The lowest BCUT2D eigenvalue weighted by Crippen LogP contribution is -2.54. The van der Waals surface area contributed by atoms with Crippen molar-refractivity contribution in [1.29, 1.82) is 0 Å². The molecule has 5 rings (SSSR count). The van der Waals surface area contributed by atoms with Crippen LogP contribution in [0.1, 0.15) is 23.6 Å². The highest BCUT2D eigenvalue weighted by atomic mass is 35.5. The number of carbonyl (C=O) groups is 3. The molecule has 3 heterocycles. The first kappa shape index (κ1) is 21.1. The van der Waals surface area contributed by atoms with Gasteiger partial charge in [-0.25, -0.2) is 4.39 Å². The predicted molar refractivity (Wildman–Crippen MR) is 114 cm³/mol. The van der Waals surface area contributed by atoms with Crippen molar-refractivity contribution in [2.24, 2.45) is 11.8 Å². The number of hydrogen-bond acceptors (Lipinski definition) is 5. The van der Waals surface area contributed by atoms with Crippen LogP contribution in [0.3, 0.4) is 0 Å². The van der Waals surface area contributed by atoms with Crippen LogP contribution in [0, 0.1) is 24.6 Å². The van der Waals surface area contributed by atoms with Gasteiger partial charge >= 0.3 is 0 Å². The Morgan fingerprint density at radius 1 is 1.19 bits per heavy atom. The normalized spacial score (nSPS) is 29.5. The first-order chi connectivity index (χ1) is 15.1. The fourth-order valence-electron chi connectivity index (χ4n) is 5.37. The zero-order valence-electron chi connectivity index (χ0n) is 17.4. The lowest BCUT2D eigenvalue weighted by atomic mass is 9.76. The Morgan fingerprint density at radius 2 is 1.88 bits per heavy atom. The Hall–Kier alpha value is -2.81. The molecule has 2 aromatic carbocycles. The fourth-order valence-corrected chi connectivity index (χ4v) is 5.64. The molecule has 2 fully saturated rings. The average Bonchev–Trinajstić information content (AvgIpc) is 3.32. The first-order valence-electron chi connectivity index (χ1n) is 10.3. The van der Waals surface area contributed by atoms with Crippen LogP contribution in [0.5, 0.6) is 0 Å². The molecule has 3 aliphatic heterocycles. The second-order valence-electron chi connectivity index (χ2n) is 8.71. The van der Waals surface area contributed by atoms with Gasteiger partial charge in [-0.1, -0.05) is 23.7 Å². The molecule has 0 unspecified atom stereocenters. The molecule has 3 amide bonds. The van der Waals surface area contributed by atoms with E-state index in [0.29, 0.717) is 21.8 Å². The summed E-state index contributed by atoms with van der Waals surface area (Å²) in [6.45, 7) is 3.27. The van der Waals surface area contributed by atoms with Crippen molar-refractivity contribution < 1.29 is 23.9 Å². The van der Waals surface area contributed by atoms with E-state index in [1.54, 1.807) is 19.1 Å². The van der Waals surface area contributed by atoms with Crippen LogP contribution in [0.15, 0.2) is 36.4 Å². The van der Waals surface area contributed by atoms with E-state index in [0.717, 1.165) is 10.5 Å². The molecule has 7 nitrogen and oxygen atoms in total. The highest BCUT2D eigenvalue weighted by Crippen LogP contribution is 2.54. The summed E-state index contributed by atoms with van der Waals surface area (Å²) >= 11 is 6.28. The van der Waals surface area contributed by atoms with Gasteiger partial charge in [0.15, 0.2) is 0 Å². The molecular formula is C23H21ClFN3O4. The van der Waals surface area contributed by atoms with Gasteiger partial charge in [0, 0.05) is 22.3 Å². The summed E-state index contributed by atoms with van der Waals surface area (Å²) in [4.78, 5) is 41.5. The van der Waals surface area contributed by atoms with Crippen molar-refractivity contribution in [3.05, 3.63) is 63.9 Å². The van der Waals surface area contributed by atoms with Crippen molar-refractivity contribution >= 4 is 35.0 Å². The van der Waals surface area contributed by atoms with Crippen LogP contribution < -0.4 is 10.6 Å². The SMILES string of the molecule is Cc1cc(Cl)cc2c1NC(=O)[C@]21N[C@@H]([C@H](C)O)[C@H]2C(=O)N(Cc3ccc(F)cc3)C(=O)[C@H]21. The van der Waals surface area contributed by atoms with E-state index in [1.165, 1.54) is 31.2 Å². The summed E-state index contributed by atoms with van der Waals surface area (Å²) in [6.07, 6.45) is -0.999. The minimum atomic E-state index is -1.53. The zero-order valence-corrected chi connectivity index (χ0v) is 18.1. The van der Waals surface area contributed by atoms with Gasteiger partial charge < -0.3 is 10.4 Å². The van der Waals surface area contributed by atoms with Crippen LogP contribution >= 0.6 is 11.6 Å². The molecule has 3 aliphatic rings. The van der Waals surface area contributed by atoms with E-state index in [2.05, 4.69) is 10.6 Å². The molecule has 0 aliphatic carbocycles. The molecule has 9 heteroatoms. The summed E-state index contributed by atoms with van der Waals surface area (Å²) in [6, 6.07) is 8.04. The topological polar surface area (TPSA) is 98.7 Å². The van der Waals surface area contributed by atoms with Crippen LogP contribution in [0.4, 0.5) is 10.1 Å². The van der Waals surface area contributed by atoms with Gasteiger partial charge in [0.25, 0.3) is 0 Å². The Bertz CT molecular complexity index is 1170. The predicted octanol–water partition coefficient (Wildman–Crippen LogP) is 2.09. The lowest BCUT2D eigenvalue weighted by Gasteiger charge is -2.30. The van der Waals surface area contributed by atoms with Crippen LogP contribution in [-0.2, 0) is 26.5 Å². The number of hydrogen-bond donors (Lipinski definition) is 3.